The summed E-state index contributed by atoms with van der Waals surface area (Å²) in [7, 11) is 2.22. The summed E-state index contributed by atoms with van der Waals surface area (Å²) in [5.41, 5.74) is 37.9. The average Bonchev–Trinajstić information content (AvgIpc) is 1.50. The third kappa shape index (κ3) is 21.5. The topological polar surface area (TPSA) is 135 Å². The predicted octanol–water partition coefficient (Wildman–Crippen LogP) is 23.4. The Morgan fingerprint density at radius 2 is 0.600 bits per heavy atom. The molecule has 1 unspecified atom stereocenters. The van der Waals surface area contributed by atoms with Crippen LogP contribution in [0.4, 0.5) is 38.5 Å². The van der Waals surface area contributed by atoms with Crippen LogP contribution in [0, 0.1) is 5.82 Å². The third-order valence-corrected chi connectivity index (χ3v) is 33.3. The maximum absolute atomic E-state index is 14.0. The predicted molar refractivity (Wildman–Crippen MR) is 575 cm³/mol. The number of hydrogen-bond donors (Lipinski definition) is 5. The normalized spacial score (nSPS) is 25.1. The van der Waals surface area contributed by atoms with Gasteiger partial charge < -0.3 is 76.8 Å². The Balaban J connectivity index is 0.000000124. The van der Waals surface area contributed by atoms with Crippen molar-refractivity contribution in [2.45, 2.75) is 273 Å². The fourth-order valence-electron chi connectivity index (χ4n) is 25.3. The van der Waals surface area contributed by atoms with Gasteiger partial charge in [-0.2, -0.15) is 0 Å². The van der Waals surface area contributed by atoms with Gasteiger partial charge in [0.05, 0.1) is 0 Å². The lowest BCUT2D eigenvalue weighted by Gasteiger charge is -2.43. The Morgan fingerprint density at radius 1 is 0.311 bits per heavy atom. The molecule has 0 saturated carbocycles. The molecule has 6 fully saturated rings. The van der Waals surface area contributed by atoms with E-state index in [-0.39, 0.29) is 71.5 Å². The van der Waals surface area contributed by atoms with E-state index in [9.17, 15) is 4.39 Å². The van der Waals surface area contributed by atoms with E-state index in [4.69, 9.17) is 75.2 Å². The minimum atomic E-state index is -0.113. The van der Waals surface area contributed by atoms with Crippen molar-refractivity contribution in [3.05, 3.63) is 245 Å². The van der Waals surface area contributed by atoms with Gasteiger partial charge in [-0.1, -0.05) is 119 Å². The van der Waals surface area contributed by atoms with Gasteiger partial charge in [0.2, 0.25) is 0 Å². The van der Waals surface area contributed by atoms with Crippen LogP contribution in [-0.2, 0) is 32.5 Å². The molecule has 734 valence electrons. The average molecular weight is 1940 g/mol. The number of nitrogens with two attached hydrogens (primary N) is 3. The van der Waals surface area contributed by atoms with Gasteiger partial charge in [0.15, 0.2) is 0 Å². The third-order valence-electron chi connectivity index (χ3n) is 32.1. The largest absolute Gasteiger partial charge is 0.366 e. The van der Waals surface area contributed by atoms with Crippen molar-refractivity contribution in [1.29, 1.82) is 0 Å². The smallest absolute Gasteiger partial charge is 0.123 e. The Kier molecular flexibility index (Phi) is 30.9. The number of likely N-dealkylation sites (tertiary alicyclic amines) is 4. The minimum Gasteiger partial charge on any atom is -0.366 e. The Hall–Kier alpha value is -6.42. The van der Waals surface area contributed by atoms with Gasteiger partial charge in [-0.25, -0.2) is 4.39 Å². The molecule has 0 radical (unpaired) electrons. The van der Waals surface area contributed by atoms with Crippen LogP contribution in [0.25, 0.3) is 0 Å². The van der Waals surface area contributed by atoms with E-state index in [0.717, 1.165) is 181 Å². The van der Waals surface area contributed by atoms with Crippen LogP contribution >= 0.6 is 58.0 Å². The highest BCUT2D eigenvalue weighted by atomic mass is 35.5. The first-order valence-electron chi connectivity index (χ1n) is 50.7. The molecule has 8 aromatic rings. The second kappa shape index (κ2) is 40.5. The van der Waals surface area contributed by atoms with Gasteiger partial charge >= 0.3 is 0 Å². The van der Waals surface area contributed by atoms with E-state index in [1.54, 1.807) is 12.1 Å². The van der Waals surface area contributed by atoms with E-state index in [1.807, 2.05) is 36.4 Å². The first-order chi connectivity index (χ1) is 63.7. The minimum absolute atomic E-state index is 0.0512. The number of likely N-dealkylation sites (N-methyl/N-ethyl adjacent to an activating group) is 1. The summed E-state index contributed by atoms with van der Waals surface area (Å²) in [5, 5.41) is 11.8. The number of nitrogens with one attached hydrogen (secondary N) is 2. The van der Waals surface area contributed by atoms with Crippen molar-refractivity contribution in [3.8, 4) is 0 Å². The Bertz CT molecular complexity index is 5250. The lowest BCUT2D eigenvalue weighted by molar-refractivity contribution is 0.151. The second-order valence-electron chi connectivity index (χ2n) is 47.7. The molecule has 135 heavy (non-hydrogen) atoms. The van der Waals surface area contributed by atoms with Crippen molar-refractivity contribution in [2.24, 2.45) is 17.2 Å². The number of halogens is 6. The summed E-state index contributed by atoms with van der Waals surface area (Å²) in [4.78, 5) is 25.4. The summed E-state index contributed by atoms with van der Waals surface area (Å²) in [6.45, 7) is 64.5. The molecule has 0 amide bonds. The molecule has 0 aliphatic carbocycles. The van der Waals surface area contributed by atoms with Crippen LogP contribution in [0.1, 0.15) is 252 Å². The van der Waals surface area contributed by atoms with Crippen LogP contribution < -0.4 is 57.2 Å². The molecule has 0 aromatic heterocycles. The highest BCUT2D eigenvalue weighted by Gasteiger charge is 2.58. The van der Waals surface area contributed by atoms with E-state index in [2.05, 4.69) is 313 Å². The van der Waals surface area contributed by atoms with Crippen LogP contribution in [0.15, 0.2) is 170 Å². The standard InChI is InChI=1S/2C21H25ClN2.C19H30ClN3.C19H30FN3.C18H28ClN3.C16H23ClN2/c2*1-20(2,3)24-14-21(17-13-16(22)9-10-18(17)24)11-12-23-19(21)15-7-5-4-6-8-15;1-18(2,3)23-14-19(16-13-15(20)5-6-17(16)23)7-11-22(12-8-19)10-4-9-21;1-18(2,3)23-14-19(16-12-15(20)6-7-17(16)23)8-4-10-22(13-19)11-5-9-21;1-17(2,3)22-13-18(7-10-21(12-18)9-4-8-20)15-11-14(19)5-6-16(15)22;1-15(2,3)19-11-16(7-8-18(4)10-16)13-9-12(17)5-6-14(13)19/h2*4-10,13,19,23H,11-12,14H2,1-3H3;5-6,13H,4,7-12,14,21H2,1-3H3;6-7,12H,4-5,8-11,13-14,21H2,1-3H3;5-6,11H,4,7-10,12-13,20H2,1-3H3;5-6,9H,7-8,10-11H2,1-4H3/t19-,21+;19-,21-;;;18-;16-/m01..01/s1. The first kappa shape index (κ1) is 103. The number of anilines is 6. The quantitative estimate of drug-likeness (QED) is 0.0840. The molecule has 20 rings (SSSR count). The van der Waals surface area contributed by atoms with Gasteiger partial charge in [-0.05, 0) is 441 Å². The van der Waals surface area contributed by atoms with Crippen molar-refractivity contribution < 1.29 is 4.39 Å². The van der Waals surface area contributed by atoms with Crippen molar-refractivity contribution in [2.75, 3.05) is 180 Å². The van der Waals surface area contributed by atoms with Crippen molar-refractivity contribution in [3.63, 3.8) is 0 Å². The molecular formula is C114H161Cl5FN15. The lowest BCUT2D eigenvalue weighted by Crippen LogP contribution is -2.51. The van der Waals surface area contributed by atoms with Crippen molar-refractivity contribution >= 4 is 92.1 Å². The van der Waals surface area contributed by atoms with Crippen LogP contribution in [-0.4, -0.2) is 204 Å². The number of piperidine rings is 2. The van der Waals surface area contributed by atoms with Crippen molar-refractivity contribution in [1.82, 2.24) is 30.2 Å². The molecule has 12 aliphatic rings. The van der Waals surface area contributed by atoms with E-state index < -0.39 is 0 Å². The maximum atomic E-state index is 14.0. The molecule has 8 aromatic carbocycles. The molecule has 7 atom stereocenters. The highest BCUT2D eigenvalue weighted by Crippen LogP contribution is 2.59. The molecular weight excluding hydrogens is 1780 g/mol. The Labute approximate surface area is 836 Å². The van der Waals surface area contributed by atoms with E-state index in [1.165, 1.54) is 137 Å². The number of nitrogens with zero attached hydrogens (tertiary/aromatic N) is 10. The first-order valence-corrected chi connectivity index (χ1v) is 52.6. The van der Waals surface area contributed by atoms with Crippen LogP contribution in [0.5, 0.6) is 0 Å². The molecule has 0 bridgehead atoms. The molecule has 12 heterocycles. The monoisotopic (exact) mass is 1930 g/mol. The summed E-state index contributed by atoms with van der Waals surface area (Å²) < 4.78 is 14.0. The fourth-order valence-corrected chi connectivity index (χ4v) is 26.1. The number of benzene rings is 8. The molecule has 6 saturated heterocycles. The number of hydrogen-bond acceptors (Lipinski definition) is 15. The lowest BCUT2D eigenvalue weighted by atomic mass is 9.73. The van der Waals surface area contributed by atoms with Crippen LogP contribution in [0.2, 0.25) is 25.1 Å². The number of fused-ring (bicyclic) bond motifs is 12. The fraction of sp³-hybridized carbons (Fsp3) is 0.579. The molecule has 12 aliphatic heterocycles. The molecule has 6 spiro atoms. The van der Waals surface area contributed by atoms with E-state index >= 15 is 0 Å². The molecule has 15 nitrogen and oxygen atoms in total. The zero-order valence-corrected chi connectivity index (χ0v) is 88.9. The summed E-state index contributed by atoms with van der Waals surface area (Å²) >= 11 is 31.7. The van der Waals surface area contributed by atoms with Gasteiger partial charge in [0.1, 0.15) is 5.82 Å². The summed E-state index contributed by atoms with van der Waals surface area (Å²) in [6, 6.07) is 59.9. The maximum Gasteiger partial charge on any atom is 0.123 e. The van der Waals surface area contributed by atoms with Gasteiger partial charge in [0, 0.05) is 196 Å². The van der Waals surface area contributed by atoms with Crippen LogP contribution in [0.3, 0.4) is 0 Å². The van der Waals surface area contributed by atoms with Gasteiger partial charge in [-0.3, -0.25) is 0 Å². The second-order valence-corrected chi connectivity index (χ2v) is 49.9. The van der Waals surface area contributed by atoms with E-state index in [0.29, 0.717) is 12.1 Å². The number of rotatable bonds is 11. The SMILES string of the molecule is CC(C)(C)N1CC2(CCCN(CCCN)C2)c2cc(F)ccc21.CC(C)(C)N1CC2(CCN(CCCN)CC2)c2cc(Cl)ccc21.CC(C)(C)N1C[C@@]2(CCN(CCCN)C2)c2cc(Cl)ccc21.CC(C)(C)N1C[C@]2(CCN[C@@H]2c2ccccc2)c2cc(Cl)ccc21.CC(C)(C)N1C[C@]2(CCN[C@H]2c2ccccc2)c2cc(Cl)ccc21.CN1CC[C@@]2(C1)CN(C(C)(C)C)c1ccc(Cl)cc12. The van der Waals surface area contributed by atoms with Gasteiger partial charge in [0.25, 0.3) is 0 Å². The highest BCUT2D eigenvalue weighted by molar-refractivity contribution is 6.32. The summed E-state index contributed by atoms with van der Waals surface area (Å²) in [6.07, 6.45) is 12.7. The molecule has 21 heteroatoms. The molecule has 8 N–H and O–H groups in total. The zero-order chi connectivity index (χ0) is 97.0. The zero-order valence-electron chi connectivity index (χ0n) is 85.1. The Morgan fingerprint density at radius 3 is 0.963 bits per heavy atom. The summed E-state index contributed by atoms with van der Waals surface area (Å²) in [5.74, 6) is -0.113. The van der Waals surface area contributed by atoms with Gasteiger partial charge in [-0.15, -0.1) is 0 Å².